The minimum atomic E-state index is -3.07. The quantitative estimate of drug-likeness (QED) is 0.775. The summed E-state index contributed by atoms with van der Waals surface area (Å²) in [4.78, 5) is 29.3. The van der Waals surface area contributed by atoms with E-state index in [0.29, 0.717) is 31.6 Å². The van der Waals surface area contributed by atoms with Gasteiger partial charge in [-0.25, -0.2) is 13.4 Å². The Kier molecular flexibility index (Phi) is 5.12. The summed E-state index contributed by atoms with van der Waals surface area (Å²) in [6, 6.07) is -0.383. The standard InChI is InChI=1S/C16H24N4O4S/c1-2-7-17-15(21)13-12-5-3-4-8-20(12)14(19-13)16(22)18-11-6-9-25(23,24)10-11/h11H,2-10H2,1H3,(H,17,21)(H,18,22). The first-order valence-electron chi connectivity index (χ1n) is 8.80. The van der Waals surface area contributed by atoms with Gasteiger partial charge in [0.1, 0.15) is 5.69 Å². The summed E-state index contributed by atoms with van der Waals surface area (Å²) in [7, 11) is -3.07. The minimum Gasteiger partial charge on any atom is -0.351 e. The summed E-state index contributed by atoms with van der Waals surface area (Å²) < 4.78 is 24.9. The summed E-state index contributed by atoms with van der Waals surface area (Å²) >= 11 is 0. The second-order valence-electron chi connectivity index (χ2n) is 6.67. The van der Waals surface area contributed by atoms with Crippen LogP contribution < -0.4 is 10.6 Å². The molecule has 3 rings (SSSR count). The Bertz CT molecular complexity index is 784. The van der Waals surface area contributed by atoms with Crippen LogP contribution in [0.15, 0.2) is 0 Å². The second-order valence-corrected chi connectivity index (χ2v) is 8.90. The van der Waals surface area contributed by atoms with Crippen LogP contribution in [-0.4, -0.2) is 53.9 Å². The lowest BCUT2D eigenvalue weighted by molar-refractivity contribution is 0.0925. The van der Waals surface area contributed by atoms with Gasteiger partial charge in [0.15, 0.2) is 15.7 Å². The van der Waals surface area contributed by atoms with Crippen LogP contribution in [0.5, 0.6) is 0 Å². The fraction of sp³-hybridized carbons (Fsp3) is 0.688. The SMILES string of the molecule is CCCNC(=O)c1nc(C(=O)NC2CCS(=O)(=O)C2)n2c1CCCC2. The van der Waals surface area contributed by atoms with Crippen molar-refractivity contribution in [1.29, 1.82) is 0 Å². The molecule has 0 aliphatic carbocycles. The molecule has 3 heterocycles. The Hall–Kier alpha value is -1.90. The van der Waals surface area contributed by atoms with Gasteiger partial charge in [-0.3, -0.25) is 9.59 Å². The maximum Gasteiger partial charge on any atom is 0.287 e. The van der Waals surface area contributed by atoms with Crippen LogP contribution in [0.3, 0.4) is 0 Å². The molecule has 8 nitrogen and oxygen atoms in total. The van der Waals surface area contributed by atoms with Gasteiger partial charge in [0, 0.05) is 19.1 Å². The molecule has 1 saturated heterocycles. The van der Waals surface area contributed by atoms with Crippen LogP contribution in [-0.2, 0) is 22.8 Å². The molecule has 0 aromatic carbocycles. The number of fused-ring (bicyclic) bond motifs is 1. The molecule has 9 heteroatoms. The molecule has 25 heavy (non-hydrogen) atoms. The lowest BCUT2D eigenvalue weighted by Crippen LogP contribution is -2.37. The zero-order valence-electron chi connectivity index (χ0n) is 14.4. The van der Waals surface area contributed by atoms with E-state index < -0.39 is 15.7 Å². The number of amides is 2. The molecule has 138 valence electrons. The number of hydrogen-bond donors (Lipinski definition) is 2. The van der Waals surface area contributed by atoms with E-state index in [-0.39, 0.29) is 29.3 Å². The first kappa shape index (κ1) is 17.9. The Labute approximate surface area is 147 Å². The van der Waals surface area contributed by atoms with Crippen molar-refractivity contribution < 1.29 is 18.0 Å². The third-order valence-electron chi connectivity index (χ3n) is 4.64. The summed E-state index contributed by atoms with van der Waals surface area (Å²) in [6.07, 6.45) is 3.85. The highest BCUT2D eigenvalue weighted by molar-refractivity contribution is 7.91. The average molecular weight is 368 g/mol. The fourth-order valence-corrected chi connectivity index (χ4v) is 5.05. The fourth-order valence-electron chi connectivity index (χ4n) is 3.38. The van der Waals surface area contributed by atoms with Crippen molar-refractivity contribution in [3.05, 3.63) is 17.2 Å². The third-order valence-corrected chi connectivity index (χ3v) is 6.41. The van der Waals surface area contributed by atoms with E-state index >= 15 is 0 Å². The van der Waals surface area contributed by atoms with Gasteiger partial charge in [-0.05, 0) is 32.1 Å². The van der Waals surface area contributed by atoms with Crippen molar-refractivity contribution in [1.82, 2.24) is 20.2 Å². The van der Waals surface area contributed by atoms with E-state index in [1.54, 1.807) is 0 Å². The molecular formula is C16H24N4O4S. The Morgan fingerprint density at radius 1 is 1.28 bits per heavy atom. The van der Waals surface area contributed by atoms with Crippen LogP contribution >= 0.6 is 0 Å². The molecule has 1 fully saturated rings. The van der Waals surface area contributed by atoms with Gasteiger partial charge in [0.25, 0.3) is 11.8 Å². The third kappa shape index (κ3) is 3.86. The Morgan fingerprint density at radius 3 is 2.76 bits per heavy atom. The zero-order valence-corrected chi connectivity index (χ0v) is 15.2. The second kappa shape index (κ2) is 7.15. The first-order chi connectivity index (χ1) is 11.9. The van der Waals surface area contributed by atoms with Crippen molar-refractivity contribution in [3.8, 4) is 0 Å². The monoisotopic (exact) mass is 368 g/mol. The van der Waals surface area contributed by atoms with Gasteiger partial charge in [0.05, 0.1) is 17.2 Å². The topological polar surface area (TPSA) is 110 Å². The highest BCUT2D eigenvalue weighted by Crippen LogP contribution is 2.21. The van der Waals surface area contributed by atoms with Crippen LogP contribution in [0.2, 0.25) is 0 Å². The number of hydrogen-bond acceptors (Lipinski definition) is 5. The zero-order chi connectivity index (χ0) is 18.0. The minimum absolute atomic E-state index is 0.0316. The van der Waals surface area contributed by atoms with Gasteiger partial charge in [-0.15, -0.1) is 0 Å². The summed E-state index contributed by atoms with van der Waals surface area (Å²) in [6.45, 7) is 3.18. The Balaban J connectivity index is 1.82. The van der Waals surface area contributed by atoms with Gasteiger partial charge in [0.2, 0.25) is 0 Å². The van der Waals surface area contributed by atoms with E-state index in [1.165, 1.54) is 0 Å². The van der Waals surface area contributed by atoms with Crippen LogP contribution in [0.25, 0.3) is 0 Å². The smallest absolute Gasteiger partial charge is 0.287 e. The average Bonchev–Trinajstić information content (AvgIpc) is 3.13. The highest BCUT2D eigenvalue weighted by atomic mass is 32.2. The lowest BCUT2D eigenvalue weighted by Gasteiger charge is -2.17. The van der Waals surface area contributed by atoms with Crippen molar-refractivity contribution in [3.63, 3.8) is 0 Å². The predicted octanol–water partition coefficient (Wildman–Crippen LogP) is 0.276. The number of imidazole rings is 1. The van der Waals surface area contributed by atoms with Crippen LogP contribution in [0, 0.1) is 0 Å². The van der Waals surface area contributed by atoms with Crippen molar-refractivity contribution in [2.75, 3.05) is 18.1 Å². The Morgan fingerprint density at radius 2 is 2.08 bits per heavy atom. The molecule has 0 spiro atoms. The van der Waals surface area contributed by atoms with E-state index in [9.17, 15) is 18.0 Å². The normalized spacial score (nSPS) is 21.6. The lowest BCUT2D eigenvalue weighted by atomic mass is 10.1. The molecule has 0 bridgehead atoms. The van der Waals surface area contributed by atoms with Gasteiger partial charge < -0.3 is 15.2 Å². The maximum absolute atomic E-state index is 12.6. The molecule has 2 aliphatic heterocycles. The van der Waals surface area contributed by atoms with Crippen molar-refractivity contribution in [2.45, 2.75) is 51.6 Å². The van der Waals surface area contributed by atoms with Crippen molar-refractivity contribution in [2.24, 2.45) is 0 Å². The maximum atomic E-state index is 12.6. The largest absolute Gasteiger partial charge is 0.351 e. The molecule has 2 amide bonds. The molecule has 1 aromatic heterocycles. The summed E-state index contributed by atoms with van der Waals surface area (Å²) in [5, 5.41) is 5.57. The number of aromatic nitrogens is 2. The number of nitrogens with one attached hydrogen (secondary N) is 2. The molecule has 1 atom stereocenters. The number of rotatable bonds is 5. The van der Waals surface area contributed by atoms with Crippen molar-refractivity contribution >= 4 is 21.7 Å². The van der Waals surface area contributed by atoms with Gasteiger partial charge >= 0.3 is 0 Å². The van der Waals surface area contributed by atoms with Gasteiger partial charge in [-0.2, -0.15) is 0 Å². The first-order valence-corrected chi connectivity index (χ1v) is 10.6. The molecule has 0 saturated carbocycles. The van der Waals surface area contributed by atoms with E-state index in [1.807, 2.05) is 11.5 Å². The number of carbonyl (C=O) groups is 2. The summed E-state index contributed by atoms with van der Waals surface area (Å²) in [5.41, 5.74) is 1.11. The van der Waals surface area contributed by atoms with Gasteiger partial charge in [-0.1, -0.05) is 6.92 Å². The van der Waals surface area contributed by atoms with Crippen LogP contribution in [0.1, 0.15) is 59.4 Å². The van der Waals surface area contributed by atoms with E-state index in [2.05, 4.69) is 15.6 Å². The van der Waals surface area contributed by atoms with Crippen LogP contribution in [0.4, 0.5) is 0 Å². The highest BCUT2D eigenvalue weighted by Gasteiger charge is 2.32. The molecule has 1 aromatic rings. The number of carbonyl (C=O) groups excluding carboxylic acids is 2. The predicted molar refractivity (Wildman–Crippen MR) is 92.3 cm³/mol. The molecule has 2 aliphatic rings. The molecule has 0 radical (unpaired) electrons. The molecular weight excluding hydrogens is 344 g/mol. The number of sulfone groups is 1. The van der Waals surface area contributed by atoms with E-state index in [0.717, 1.165) is 25.0 Å². The molecule has 2 N–H and O–H groups in total. The van der Waals surface area contributed by atoms with E-state index in [4.69, 9.17) is 0 Å². The summed E-state index contributed by atoms with van der Waals surface area (Å²) in [5.74, 6) is -0.381. The molecule has 1 unspecified atom stereocenters. The number of nitrogens with zero attached hydrogens (tertiary/aromatic N) is 2.